The lowest BCUT2D eigenvalue weighted by Crippen LogP contribution is -2.47. The molecule has 1 amide bonds. The molecule has 1 aliphatic rings. The average molecular weight is 564 g/mol. The van der Waals surface area contributed by atoms with Gasteiger partial charge in [0.05, 0.1) is 23.8 Å². The molecule has 1 aliphatic heterocycles. The van der Waals surface area contributed by atoms with E-state index < -0.39 is 33.1 Å². The fourth-order valence-corrected chi connectivity index (χ4v) is 5.84. The molecule has 1 heterocycles. The van der Waals surface area contributed by atoms with Gasteiger partial charge in [0.15, 0.2) is 21.5 Å². The van der Waals surface area contributed by atoms with Crippen LogP contribution in [0.3, 0.4) is 0 Å². The van der Waals surface area contributed by atoms with Crippen LogP contribution in [0.15, 0.2) is 93.9 Å². The van der Waals surface area contributed by atoms with Crippen LogP contribution < -0.4 is 10.5 Å². The minimum absolute atomic E-state index is 0.0143. The Morgan fingerprint density at radius 3 is 2.48 bits per heavy atom. The van der Waals surface area contributed by atoms with E-state index in [-0.39, 0.29) is 30.4 Å². The summed E-state index contributed by atoms with van der Waals surface area (Å²) in [6.45, 7) is 0.345. The average Bonchev–Trinajstić information content (AvgIpc) is 3.37. The first-order chi connectivity index (χ1) is 19.3. The normalized spacial score (nSPS) is 18.3. The molecule has 11 nitrogen and oxygen atoms in total. The molecule has 0 saturated heterocycles. The molecule has 4 rings (SSSR count). The third-order valence-electron chi connectivity index (χ3n) is 6.56. The van der Waals surface area contributed by atoms with Crippen LogP contribution in [0.2, 0.25) is 0 Å². The van der Waals surface area contributed by atoms with Gasteiger partial charge in [-0.3, -0.25) is 4.79 Å². The maximum atomic E-state index is 13.2. The van der Waals surface area contributed by atoms with Gasteiger partial charge in [-0.25, -0.2) is 13.4 Å². The number of sulfone groups is 1. The number of nitrogens with zero attached hydrogens (tertiary/aromatic N) is 4. The minimum Gasteiger partial charge on any atom is -0.494 e. The van der Waals surface area contributed by atoms with E-state index in [9.17, 15) is 13.2 Å². The van der Waals surface area contributed by atoms with Crippen LogP contribution in [0.25, 0.3) is 10.4 Å². The standard InChI is InChI=1S/C28H29N5O6S/c29-27(35)28(15-18-40(36,37)23-8-2-1-3-9-23)25(24-10-5-4-7-21(24)19-31-33-30)39-26(32-28)20-11-13-22(14-12-20)38-17-6-16-34/h1-5,7-14,25,34H,6,15-19H2,(H2,29,35)/t25-,28-/m0/s1. The summed E-state index contributed by atoms with van der Waals surface area (Å²) in [6.07, 6.45) is -0.829. The summed E-state index contributed by atoms with van der Waals surface area (Å²) in [5.41, 5.74) is 14.7. The summed E-state index contributed by atoms with van der Waals surface area (Å²) >= 11 is 0. The fourth-order valence-electron chi connectivity index (χ4n) is 4.45. The summed E-state index contributed by atoms with van der Waals surface area (Å²) < 4.78 is 38.2. The highest BCUT2D eigenvalue weighted by atomic mass is 32.2. The number of aliphatic hydroxyl groups is 1. The summed E-state index contributed by atoms with van der Waals surface area (Å²) in [7, 11) is -3.78. The van der Waals surface area contributed by atoms with Crippen LogP contribution in [0.5, 0.6) is 5.75 Å². The number of nitrogens with two attached hydrogens (primary N) is 1. The number of carbonyl (C=O) groups is 1. The number of azide groups is 1. The van der Waals surface area contributed by atoms with Crippen LogP contribution in [0.4, 0.5) is 0 Å². The smallest absolute Gasteiger partial charge is 0.249 e. The molecule has 0 fully saturated rings. The Hall–Kier alpha value is -4.38. The third-order valence-corrected chi connectivity index (χ3v) is 8.29. The molecular weight excluding hydrogens is 534 g/mol. The number of rotatable bonds is 13. The first kappa shape index (κ1) is 28.6. The van der Waals surface area contributed by atoms with Crippen molar-refractivity contribution < 1.29 is 27.8 Å². The highest BCUT2D eigenvalue weighted by molar-refractivity contribution is 7.91. The number of hydrogen-bond acceptors (Lipinski definition) is 8. The maximum absolute atomic E-state index is 13.2. The molecule has 3 N–H and O–H groups in total. The first-order valence-corrected chi connectivity index (χ1v) is 14.2. The van der Waals surface area contributed by atoms with Crippen molar-refractivity contribution in [1.82, 2.24) is 0 Å². The summed E-state index contributed by atoms with van der Waals surface area (Å²) in [5.74, 6) is -0.575. The second-order valence-corrected chi connectivity index (χ2v) is 11.2. The van der Waals surface area contributed by atoms with Crippen molar-refractivity contribution in [2.24, 2.45) is 15.8 Å². The van der Waals surface area contributed by atoms with E-state index in [1.54, 1.807) is 66.7 Å². The Morgan fingerprint density at radius 1 is 1.10 bits per heavy atom. The number of hydrogen-bond donors (Lipinski definition) is 2. The molecule has 0 unspecified atom stereocenters. The molecule has 0 aromatic heterocycles. The third kappa shape index (κ3) is 6.26. The number of benzene rings is 3. The highest BCUT2D eigenvalue weighted by Crippen LogP contribution is 2.44. The number of aliphatic imine (C=N–C) groups is 1. The molecule has 0 bridgehead atoms. The van der Waals surface area contributed by atoms with Gasteiger partial charge in [-0.1, -0.05) is 47.6 Å². The lowest BCUT2D eigenvalue weighted by Gasteiger charge is -2.30. The zero-order chi connectivity index (χ0) is 28.6. The predicted octanol–water partition coefficient (Wildman–Crippen LogP) is 3.86. The zero-order valence-corrected chi connectivity index (χ0v) is 22.4. The Morgan fingerprint density at radius 2 is 1.80 bits per heavy atom. The Kier molecular flexibility index (Phi) is 9.05. The van der Waals surface area contributed by atoms with E-state index in [1.165, 1.54) is 12.1 Å². The molecule has 0 radical (unpaired) electrons. The van der Waals surface area contributed by atoms with Crippen LogP contribution in [0.1, 0.15) is 35.6 Å². The molecule has 208 valence electrons. The molecular formula is C28H29N5O6S. The molecule has 3 aromatic rings. The molecule has 12 heteroatoms. The summed E-state index contributed by atoms with van der Waals surface area (Å²) in [6, 6.07) is 21.7. The quantitative estimate of drug-likeness (QED) is 0.138. The van der Waals surface area contributed by atoms with Crippen molar-refractivity contribution in [3.8, 4) is 5.75 Å². The summed E-state index contributed by atoms with van der Waals surface area (Å²) in [5, 5.41) is 12.6. The number of primary amides is 1. The van der Waals surface area contributed by atoms with Gasteiger partial charge in [0.2, 0.25) is 11.8 Å². The SMILES string of the molecule is [N-]=[N+]=NCc1ccccc1[C@@H]1OC(c2ccc(OCCCO)cc2)=N[C@]1(CCS(=O)(=O)c1ccccc1)C(N)=O. The monoisotopic (exact) mass is 563 g/mol. The molecule has 0 aliphatic carbocycles. The largest absolute Gasteiger partial charge is 0.494 e. The number of amides is 1. The lowest BCUT2D eigenvalue weighted by molar-refractivity contribution is -0.125. The van der Waals surface area contributed by atoms with Crippen molar-refractivity contribution in [3.63, 3.8) is 0 Å². The second-order valence-electron chi connectivity index (χ2n) is 9.12. The molecule has 0 spiro atoms. The first-order valence-electron chi connectivity index (χ1n) is 12.6. The van der Waals surface area contributed by atoms with E-state index in [0.717, 1.165) is 0 Å². The minimum atomic E-state index is -3.78. The van der Waals surface area contributed by atoms with Crippen LogP contribution in [-0.2, 0) is 25.9 Å². The zero-order valence-electron chi connectivity index (χ0n) is 21.6. The maximum Gasteiger partial charge on any atom is 0.249 e. The van der Waals surface area contributed by atoms with Gasteiger partial charge in [0.1, 0.15) is 5.75 Å². The van der Waals surface area contributed by atoms with Crippen molar-refractivity contribution >= 4 is 21.6 Å². The van der Waals surface area contributed by atoms with Gasteiger partial charge in [-0.2, -0.15) is 0 Å². The second kappa shape index (κ2) is 12.6. The van der Waals surface area contributed by atoms with E-state index in [0.29, 0.717) is 35.5 Å². The van der Waals surface area contributed by atoms with E-state index in [4.69, 9.17) is 25.8 Å². The van der Waals surface area contributed by atoms with Crippen molar-refractivity contribution in [3.05, 3.63) is 106 Å². The molecule has 3 aromatic carbocycles. The van der Waals surface area contributed by atoms with E-state index in [2.05, 4.69) is 15.0 Å². The number of ether oxygens (including phenoxy) is 2. The van der Waals surface area contributed by atoms with Crippen molar-refractivity contribution in [1.29, 1.82) is 0 Å². The van der Waals surface area contributed by atoms with Crippen LogP contribution in [0, 0.1) is 0 Å². The van der Waals surface area contributed by atoms with Gasteiger partial charge in [0.25, 0.3) is 0 Å². The van der Waals surface area contributed by atoms with E-state index >= 15 is 0 Å². The number of aliphatic hydroxyl groups excluding tert-OH is 1. The van der Waals surface area contributed by atoms with Gasteiger partial charge < -0.3 is 20.3 Å². The van der Waals surface area contributed by atoms with Gasteiger partial charge in [0, 0.05) is 29.9 Å². The van der Waals surface area contributed by atoms with Gasteiger partial charge >= 0.3 is 0 Å². The van der Waals surface area contributed by atoms with E-state index in [1.807, 2.05) is 0 Å². The molecule has 0 saturated carbocycles. The summed E-state index contributed by atoms with van der Waals surface area (Å²) in [4.78, 5) is 20.8. The lowest BCUT2D eigenvalue weighted by atomic mass is 9.83. The Bertz CT molecular complexity index is 1520. The van der Waals surface area contributed by atoms with Crippen LogP contribution in [-0.4, -0.2) is 49.8 Å². The fraction of sp³-hybridized carbons (Fsp3) is 0.286. The molecule has 2 atom stereocenters. The topological polar surface area (TPSA) is 177 Å². The van der Waals surface area contributed by atoms with Crippen molar-refractivity contribution in [2.45, 2.75) is 35.9 Å². The number of carbonyl (C=O) groups excluding carboxylic acids is 1. The molecule has 40 heavy (non-hydrogen) atoms. The van der Waals surface area contributed by atoms with Gasteiger partial charge in [-0.15, -0.1) is 0 Å². The predicted molar refractivity (Wildman–Crippen MR) is 148 cm³/mol. The van der Waals surface area contributed by atoms with Crippen LogP contribution >= 0.6 is 0 Å². The highest BCUT2D eigenvalue weighted by Gasteiger charge is 2.53. The Balaban J connectivity index is 1.75. The van der Waals surface area contributed by atoms with Crippen molar-refractivity contribution in [2.75, 3.05) is 19.0 Å². The van der Waals surface area contributed by atoms with Gasteiger partial charge in [-0.05, 0) is 53.1 Å². The Labute approximate surface area is 231 Å².